The Bertz CT molecular complexity index is 3830. The summed E-state index contributed by atoms with van der Waals surface area (Å²) in [6.07, 6.45) is 0. The van der Waals surface area contributed by atoms with Crippen LogP contribution in [-0.2, 0) is 0 Å². The second-order valence-corrected chi connectivity index (χ2v) is 16.0. The first-order valence-corrected chi connectivity index (χ1v) is 21.3. The van der Waals surface area contributed by atoms with Crippen LogP contribution < -0.4 is 0 Å². The molecule has 0 spiro atoms. The molecule has 0 atom stereocenters. The highest BCUT2D eigenvalue weighted by atomic mass is 15.2. The standard InChI is InChI=1S/C57H36N6/c1-5-17-37(18-6-1)40-29-33-51-47(35-40)44-26-14-15-27-49(44)61(51)42-30-34-52-48(36-42)46-32-31-45-43-25-13-16-28-50(43)63(54(45)53(46)62(52)41-23-11-4-12-24-41)57-59-55(38-19-7-2-8-20-38)58-56(60-57)39-21-9-3-10-22-39/h1-36H. The lowest BCUT2D eigenvalue weighted by molar-refractivity contribution is 0.953. The SMILES string of the molecule is c1ccc(-c2ccc3c(c2)c2ccccc2n3-c2ccc3c(c2)c2ccc4c5ccccc5n(-c5nc(-c6ccccc6)nc(-c6ccccc6)n5)c4c2n3-c2ccccc2)cc1. The fourth-order valence-electron chi connectivity index (χ4n) is 9.69. The van der Waals surface area contributed by atoms with Gasteiger partial charge in [0.05, 0.1) is 33.1 Å². The van der Waals surface area contributed by atoms with Crippen LogP contribution in [0.15, 0.2) is 218 Å². The highest BCUT2D eigenvalue weighted by Gasteiger charge is 2.24. The highest BCUT2D eigenvalue weighted by Crippen LogP contribution is 2.43. The summed E-state index contributed by atoms with van der Waals surface area (Å²) in [6, 6.07) is 77.4. The molecule has 0 saturated heterocycles. The maximum atomic E-state index is 5.29. The molecule has 0 N–H and O–H groups in total. The predicted octanol–water partition coefficient (Wildman–Crippen LogP) is 14.2. The normalized spacial score (nSPS) is 11.8. The van der Waals surface area contributed by atoms with Gasteiger partial charge in [-0.2, -0.15) is 9.97 Å². The van der Waals surface area contributed by atoms with Crippen molar-refractivity contribution in [3.05, 3.63) is 218 Å². The van der Waals surface area contributed by atoms with Crippen LogP contribution in [0.2, 0.25) is 0 Å². The molecule has 13 rings (SSSR count). The van der Waals surface area contributed by atoms with Gasteiger partial charge in [-0.3, -0.25) is 4.57 Å². The average molecular weight is 805 g/mol. The quantitative estimate of drug-likeness (QED) is 0.168. The lowest BCUT2D eigenvalue weighted by Crippen LogP contribution is -2.07. The van der Waals surface area contributed by atoms with E-state index in [-0.39, 0.29) is 0 Å². The third-order valence-corrected chi connectivity index (χ3v) is 12.5. The lowest BCUT2D eigenvalue weighted by atomic mass is 10.0. The number of hydrogen-bond acceptors (Lipinski definition) is 3. The molecule has 6 nitrogen and oxygen atoms in total. The number of para-hydroxylation sites is 3. The zero-order valence-electron chi connectivity index (χ0n) is 34.0. The molecule has 0 saturated carbocycles. The van der Waals surface area contributed by atoms with E-state index < -0.39 is 0 Å². The Labute approximate surface area is 362 Å². The number of hydrogen-bond donors (Lipinski definition) is 0. The van der Waals surface area contributed by atoms with Gasteiger partial charge in [-0.25, -0.2) is 4.98 Å². The number of fused-ring (bicyclic) bond motifs is 10. The Morgan fingerprint density at radius 2 is 0.714 bits per heavy atom. The number of benzene rings is 9. The Kier molecular flexibility index (Phi) is 7.80. The van der Waals surface area contributed by atoms with Crippen LogP contribution >= 0.6 is 0 Å². The molecule has 0 aliphatic carbocycles. The largest absolute Gasteiger partial charge is 0.309 e. The van der Waals surface area contributed by atoms with Crippen LogP contribution in [0.3, 0.4) is 0 Å². The molecule has 0 radical (unpaired) electrons. The van der Waals surface area contributed by atoms with Crippen molar-refractivity contribution < 1.29 is 0 Å². The summed E-state index contributed by atoms with van der Waals surface area (Å²) in [6.45, 7) is 0. The van der Waals surface area contributed by atoms with E-state index in [0.717, 1.165) is 66.1 Å². The molecule has 13 aromatic rings. The molecule has 0 aliphatic heterocycles. The highest BCUT2D eigenvalue weighted by molar-refractivity contribution is 6.24. The van der Waals surface area contributed by atoms with Crippen molar-refractivity contribution in [2.24, 2.45) is 0 Å². The van der Waals surface area contributed by atoms with Crippen LogP contribution in [0.25, 0.3) is 117 Å². The molecule has 0 aliphatic rings. The second-order valence-electron chi connectivity index (χ2n) is 16.0. The molecule has 0 unspecified atom stereocenters. The van der Waals surface area contributed by atoms with Gasteiger partial charge in [0.1, 0.15) is 0 Å². The van der Waals surface area contributed by atoms with Crippen LogP contribution in [0.5, 0.6) is 0 Å². The summed E-state index contributed by atoms with van der Waals surface area (Å²) in [5, 5.41) is 7.00. The first-order valence-electron chi connectivity index (χ1n) is 21.3. The third-order valence-electron chi connectivity index (χ3n) is 12.5. The number of nitrogens with zero attached hydrogens (tertiary/aromatic N) is 6. The molecule has 9 aromatic carbocycles. The third kappa shape index (κ3) is 5.48. The Morgan fingerprint density at radius 1 is 0.254 bits per heavy atom. The summed E-state index contributed by atoms with van der Waals surface area (Å²) in [4.78, 5) is 15.6. The van der Waals surface area contributed by atoms with Crippen molar-refractivity contribution in [3.63, 3.8) is 0 Å². The smallest absolute Gasteiger partial charge is 0.238 e. The van der Waals surface area contributed by atoms with Crippen molar-refractivity contribution in [3.8, 4) is 51.2 Å². The molecule has 0 bridgehead atoms. The van der Waals surface area contributed by atoms with Crippen LogP contribution in [0.1, 0.15) is 0 Å². The number of aromatic nitrogens is 6. The summed E-state index contributed by atoms with van der Waals surface area (Å²) in [7, 11) is 0. The number of rotatable bonds is 6. The zero-order chi connectivity index (χ0) is 41.4. The van der Waals surface area contributed by atoms with E-state index in [9.17, 15) is 0 Å². The lowest BCUT2D eigenvalue weighted by Gasteiger charge is -2.13. The van der Waals surface area contributed by atoms with Crippen LogP contribution in [-0.4, -0.2) is 28.7 Å². The minimum atomic E-state index is 0.562. The summed E-state index contributed by atoms with van der Waals surface area (Å²) >= 11 is 0. The molecular weight excluding hydrogens is 769 g/mol. The molecule has 63 heavy (non-hydrogen) atoms. The van der Waals surface area contributed by atoms with E-state index in [1.165, 1.54) is 32.9 Å². The molecular formula is C57H36N6. The fraction of sp³-hybridized carbons (Fsp3) is 0. The monoisotopic (exact) mass is 804 g/mol. The zero-order valence-corrected chi connectivity index (χ0v) is 34.0. The van der Waals surface area contributed by atoms with E-state index in [1.807, 2.05) is 36.4 Å². The van der Waals surface area contributed by atoms with Gasteiger partial charge in [0.2, 0.25) is 5.95 Å². The summed E-state index contributed by atoms with van der Waals surface area (Å²) < 4.78 is 7.09. The van der Waals surface area contributed by atoms with E-state index in [1.54, 1.807) is 0 Å². The van der Waals surface area contributed by atoms with Gasteiger partial charge in [-0.05, 0) is 65.7 Å². The maximum Gasteiger partial charge on any atom is 0.238 e. The molecule has 294 valence electrons. The molecule has 0 fully saturated rings. The topological polar surface area (TPSA) is 53.5 Å². The van der Waals surface area contributed by atoms with Gasteiger partial charge in [0.25, 0.3) is 0 Å². The van der Waals surface area contributed by atoms with Crippen molar-refractivity contribution in [1.82, 2.24) is 28.7 Å². The van der Waals surface area contributed by atoms with E-state index in [0.29, 0.717) is 17.6 Å². The summed E-state index contributed by atoms with van der Waals surface area (Å²) in [5.74, 6) is 1.80. The van der Waals surface area contributed by atoms with E-state index >= 15 is 0 Å². The van der Waals surface area contributed by atoms with Crippen molar-refractivity contribution in [2.45, 2.75) is 0 Å². The van der Waals surface area contributed by atoms with Gasteiger partial charge in [0.15, 0.2) is 11.6 Å². The molecule has 4 aromatic heterocycles. The van der Waals surface area contributed by atoms with E-state index in [4.69, 9.17) is 15.0 Å². The Morgan fingerprint density at radius 3 is 1.37 bits per heavy atom. The fourth-order valence-corrected chi connectivity index (χ4v) is 9.69. The van der Waals surface area contributed by atoms with Crippen molar-refractivity contribution in [1.29, 1.82) is 0 Å². The van der Waals surface area contributed by atoms with Crippen molar-refractivity contribution in [2.75, 3.05) is 0 Å². The van der Waals surface area contributed by atoms with E-state index in [2.05, 4.69) is 196 Å². The van der Waals surface area contributed by atoms with Gasteiger partial charge in [-0.15, -0.1) is 0 Å². The second kappa shape index (κ2) is 14.0. The van der Waals surface area contributed by atoms with Gasteiger partial charge >= 0.3 is 0 Å². The molecule has 6 heteroatoms. The first kappa shape index (κ1) is 35.2. The summed E-state index contributed by atoms with van der Waals surface area (Å²) in [5.41, 5.74) is 13.0. The molecule has 4 heterocycles. The van der Waals surface area contributed by atoms with Gasteiger partial charge < -0.3 is 9.13 Å². The maximum absolute atomic E-state index is 5.29. The van der Waals surface area contributed by atoms with Crippen LogP contribution in [0.4, 0.5) is 0 Å². The Balaban J connectivity index is 1.12. The van der Waals surface area contributed by atoms with Crippen molar-refractivity contribution >= 4 is 65.4 Å². The minimum Gasteiger partial charge on any atom is -0.309 e. The first-order chi connectivity index (χ1) is 31.3. The minimum absolute atomic E-state index is 0.562. The predicted molar refractivity (Wildman–Crippen MR) is 259 cm³/mol. The van der Waals surface area contributed by atoms with Gasteiger partial charge in [-0.1, -0.05) is 164 Å². The van der Waals surface area contributed by atoms with Crippen LogP contribution in [0, 0.1) is 0 Å². The van der Waals surface area contributed by atoms with Gasteiger partial charge in [0, 0.05) is 54.8 Å². The average Bonchev–Trinajstić information content (AvgIpc) is 4.00. The molecule has 0 amide bonds. The Hall–Kier alpha value is -8.61.